The molecule has 6 nitrogen and oxygen atoms in total. The molecule has 0 bridgehead atoms. The Balaban J connectivity index is 1.94. The molecule has 6 heteroatoms. The molecule has 0 radical (unpaired) electrons. The molecular weight excluding hydrogens is 254 g/mol. The number of anilines is 1. The molecule has 2 aromatic rings. The molecule has 1 aliphatic heterocycles. The van der Waals surface area contributed by atoms with Crippen molar-refractivity contribution >= 4 is 17.2 Å². The Kier molecular flexibility index (Phi) is 3.30. The molecule has 1 fully saturated rings. The Morgan fingerprint density at radius 1 is 1.50 bits per heavy atom. The third-order valence-corrected chi connectivity index (χ3v) is 3.93. The van der Waals surface area contributed by atoms with Gasteiger partial charge in [-0.05, 0) is 18.9 Å². The molecule has 1 unspecified atom stereocenters. The van der Waals surface area contributed by atoms with E-state index in [0.717, 1.165) is 43.0 Å². The van der Waals surface area contributed by atoms with E-state index < -0.39 is 0 Å². The van der Waals surface area contributed by atoms with Gasteiger partial charge in [0.05, 0.1) is 18.1 Å². The van der Waals surface area contributed by atoms with Crippen LogP contribution in [-0.2, 0) is 4.79 Å². The average Bonchev–Trinajstić information content (AvgIpc) is 2.94. The first kappa shape index (κ1) is 12.9. The zero-order valence-electron chi connectivity index (χ0n) is 11.8. The molecule has 1 N–H and O–H groups in total. The number of nitrogens with one attached hydrogen (secondary N) is 1. The Bertz CT molecular complexity index is 636. The lowest BCUT2D eigenvalue weighted by molar-refractivity contribution is -0.130. The van der Waals surface area contributed by atoms with Crippen molar-refractivity contribution in [3.8, 4) is 0 Å². The van der Waals surface area contributed by atoms with Crippen LogP contribution in [-0.4, -0.2) is 45.5 Å². The van der Waals surface area contributed by atoms with Crippen LogP contribution in [0.3, 0.4) is 0 Å². The Morgan fingerprint density at radius 3 is 3.10 bits per heavy atom. The minimum atomic E-state index is 0.142. The molecule has 0 saturated carbocycles. The van der Waals surface area contributed by atoms with Gasteiger partial charge in [-0.25, -0.2) is 9.50 Å². The maximum Gasteiger partial charge on any atom is 0.219 e. The summed E-state index contributed by atoms with van der Waals surface area (Å²) in [4.78, 5) is 18.1. The van der Waals surface area contributed by atoms with Crippen LogP contribution in [0.5, 0.6) is 0 Å². The van der Waals surface area contributed by atoms with Crippen molar-refractivity contribution in [2.75, 3.05) is 25.5 Å². The van der Waals surface area contributed by atoms with Crippen LogP contribution in [0.15, 0.2) is 18.5 Å². The molecular formula is C14H19N5O. The van der Waals surface area contributed by atoms with Crippen LogP contribution in [0.1, 0.15) is 31.4 Å². The first-order chi connectivity index (χ1) is 9.69. The first-order valence-electron chi connectivity index (χ1n) is 6.96. The zero-order valence-corrected chi connectivity index (χ0v) is 11.8. The van der Waals surface area contributed by atoms with Crippen LogP contribution >= 0.6 is 0 Å². The number of rotatable bonds is 2. The second-order valence-electron chi connectivity index (χ2n) is 5.23. The lowest BCUT2D eigenvalue weighted by Gasteiger charge is -2.31. The van der Waals surface area contributed by atoms with Gasteiger partial charge in [-0.2, -0.15) is 5.10 Å². The third-order valence-electron chi connectivity index (χ3n) is 3.93. The van der Waals surface area contributed by atoms with Gasteiger partial charge in [-0.1, -0.05) is 0 Å². The number of fused-ring (bicyclic) bond motifs is 1. The van der Waals surface area contributed by atoms with Crippen molar-refractivity contribution in [3.63, 3.8) is 0 Å². The summed E-state index contributed by atoms with van der Waals surface area (Å²) in [7, 11) is 1.86. The first-order valence-corrected chi connectivity index (χ1v) is 6.96. The van der Waals surface area contributed by atoms with Crippen molar-refractivity contribution in [3.05, 3.63) is 24.2 Å². The van der Waals surface area contributed by atoms with Gasteiger partial charge in [0, 0.05) is 33.0 Å². The summed E-state index contributed by atoms with van der Waals surface area (Å²) in [6.07, 6.45) is 5.83. The predicted molar refractivity (Wildman–Crippen MR) is 76.8 cm³/mol. The number of likely N-dealkylation sites (tertiary alicyclic amines) is 1. The number of hydrogen-bond acceptors (Lipinski definition) is 4. The molecule has 2 aromatic heterocycles. The van der Waals surface area contributed by atoms with Gasteiger partial charge in [0.2, 0.25) is 5.91 Å². The Hall–Kier alpha value is -2.11. The maximum absolute atomic E-state index is 11.5. The standard InChI is InChI=1S/C14H19N5O/c1-10(20)18-7-3-4-11(8-18)12-9-19-13(5-6-16-19)14(15-2)17-12/h5-6,9,11H,3-4,7-8H2,1-2H3,(H,15,17). The summed E-state index contributed by atoms with van der Waals surface area (Å²) in [5.41, 5.74) is 1.96. The third kappa shape index (κ3) is 2.21. The van der Waals surface area contributed by atoms with Crippen molar-refractivity contribution in [1.29, 1.82) is 0 Å². The SMILES string of the molecule is CNc1nc(C2CCCN(C(C)=O)C2)cn2nccc12. The Morgan fingerprint density at radius 2 is 2.35 bits per heavy atom. The van der Waals surface area contributed by atoms with E-state index in [1.807, 2.05) is 28.7 Å². The minimum Gasteiger partial charge on any atom is -0.371 e. The van der Waals surface area contributed by atoms with E-state index >= 15 is 0 Å². The number of carbonyl (C=O) groups excluding carboxylic acids is 1. The molecule has 0 aromatic carbocycles. The summed E-state index contributed by atoms with van der Waals surface area (Å²) < 4.78 is 1.85. The smallest absolute Gasteiger partial charge is 0.219 e. The number of amides is 1. The van der Waals surface area contributed by atoms with Crippen molar-refractivity contribution in [1.82, 2.24) is 19.5 Å². The van der Waals surface area contributed by atoms with Gasteiger partial charge in [0.15, 0.2) is 5.82 Å². The summed E-state index contributed by atoms with van der Waals surface area (Å²) in [6, 6.07) is 1.94. The molecule has 1 amide bonds. The molecule has 1 saturated heterocycles. The second kappa shape index (κ2) is 5.11. The average molecular weight is 273 g/mol. The van der Waals surface area contributed by atoms with Gasteiger partial charge < -0.3 is 10.2 Å². The second-order valence-corrected chi connectivity index (χ2v) is 5.23. The molecule has 3 heterocycles. The van der Waals surface area contributed by atoms with Gasteiger partial charge in [-0.15, -0.1) is 0 Å². The summed E-state index contributed by atoms with van der Waals surface area (Å²) in [5, 5.41) is 7.41. The quantitative estimate of drug-likeness (QED) is 0.900. The fourth-order valence-corrected chi connectivity index (χ4v) is 2.83. The molecule has 106 valence electrons. The fourth-order valence-electron chi connectivity index (χ4n) is 2.83. The lowest BCUT2D eigenvalue weighted by atomic mass is 9.95. The highest BCUT2D eigenvalue weighted by atomic mass is 16.2. The molecule has 3 rings (SSSR count). The predicted octanol–water partition coefficient (Wildman–Crippen LogP) is 1.50. The fraction of sp³-hybridized carbons (Fsp3) is 0.500. The highest BCUT2D eigenvalue weighted by Crippen LogP contribution is 2.27. The van der Waals surface area contributed by atoms with Gasteiger partial charge in [0.25, 0.3) is 0 Å². The number of hydrogen-bond donors (Lipinski definition) is 1. The van der Waals surface area contributed by atoms with E-state index in [0.29, 0.717) is 0 Å². The van der Waals surface area contributed by atoms with Crippen LogP contribution in [0.2, 0.25) is 0 Å². The normalized spacial score (nSPS) is 19.3. The van der Waals surface area contributed by atoms with E-state index in [2.05, 4.69) is 10.4 Å². The molecule has 0 spiro atoms. The largest absolute Gasteiger partial charge is 0.371 e. The summed E-state index contributed by atoms with van der Waals surface area (Å²) in [5.74, 6) is 1.26. The molecule has 1 aliphatic rings. The van der Waals surface area contributed by atoms with E-state index in [-0.39, 0.29) is 11.8 Å². The lowest BCUT2D eigenvalue weighted by Crippen LogP contribution is -2.38. The maximum atomic E-state index is 11.5. The van der Waals surface area contributed by atoms with Crippen molar-refractivity contribution < 1.29 is 4.79 Å². The Labute approximate surface area is 117 Å². The van der Waals surface area contributed by atoms with E-state index in [9.17, 15) is 4.79 Å². The number of carbonyl (C=O) groups is 1. The minimum absolute atomic E-state index is 0.142. The number of nitrogens with zero attached hydrogens (tertiary/aromatic N) is 4. The summed E-state index contributed by atoms with van der Waals surface area (Å²) >= 11 is 0. The number of piperidine rings is 1. The summed E-state index contributed by atoms with van der Waals surface area (Å²) in [6.45, 7) is 3.23. The molecule has 0 aliphatic carbocycles. The highest BCUT2D eigenvalue weighted by Gasteiger charge is 2.24. The van der Waals surface area contributed by atoms with E-state index in [1.54, 1.807) is 13.1 Å². The van der Waals surface area contributed by atoms with Crippen LogP contribution in [0, 0.1) is 0 Å². The topological polar surface area (TPSA) is 62.5 Å². The number of aromatic nitrogens is 3. The van der Waals surface area contributed by atoms with Crippen LogP contribution in [0.25, 0.3) is 5.52 Å². The monoisotopic (exact) mass is 273 g/mol. The van der Waals surface area contributed by atoms with Crippen molar-refractivity contribution in [2.24, 2.45) is 0 Å². The molecule has 1 atom stereocenters. The van der Waals surface area contributed by atoms with Crippen LogP contribution < -0.4 is 5.32 Å². The van der Waals surface area contributed by atoms with Gasteiger partial charge in [-0.3, -0.25) is 4.79 Å². The van der Waals surface area contributed by atoms with E-state index in [1.165, 1.54) is 0 Å². The van der Waals surface area contributed by atoms with Gasteiger partial charge >= 0.3 is 0 Å². The highest BCUT2D eigenvalue weighted by molar-refractivity contribution is 5.73. The van der Waals surface area contributed by atoms with E-state index in [4.69, 9.17) is 4.98 Å². The van der Waals surface area contributed by atoms with Gasteiger partial charge in [0.1, 0.15) is 5.52 Å². The zero-order chi connectivity index (χ0) is 14.1. The molecule has 20 heavy (non-hydrogen) atoms. The van der Waals surface area contributed by atoms with Crippen LogP contribution in [0.4, 0.5) is 5.82 Å². The van der Waals surface area contributed by atoms with Crippen molar-refractivity contribution in [2.45, 2.75) is 25.7 Å².